The van der Waals surface area contributed by atoms with E-state index in [9.17, 15) is 0 Å². The Labute approximate surface area is 205 Å². The highest BCUT2D eigenvalue weighted by molar-refractivity contribution is 7.16. The Morgan fingerprint density at radius 3 is 2.24 bits per heavy atom. The van der Waals surface area contributed by atoms with Gasteiger partial charge in [-0.25, -0.2) is 4.52 Å². The van der Waals surface area contributed by atoms with Crippen LogP contribution in [0.25, 0.3) is 16.1 Å². The van der Waals surface area contributed by atoms with E-state index in [0.29, 0.717) is 29.9 Å². The molecular formula is C25H35N3O5S. The predicted octanol–water partition coefficient (Wildman–Crippen LogP) is 4.88. The van der Waals surface area contributed by atoms with Gasteiger partial charge < -0.3 is 28.6 Å². The third-order valence-corrected chi connectivity index (χ3v) is 7.18. The zero-order chi connectivity index (χ0) is 24.5. The van der Waals surface area contributed by atoms with Crippen LogP contribution in [0.3, 0.4) is 0 Å². The molecule has 0 unspecified atom stereocenters. The first-order valence-electron chi connectivity index (χ1n) is 11.5. The third-order valence-electron chi connectivity index (χ3n) is 6.25. The Bertz CT molecular complexity index is 1110. The molecule has 186 valence electrons. The fourth-order valence-corrected chi connectivity index (χ4v) is 5.45. The van der Waals surface area contributed by atoms with E-state index in [1.54, 1.807) is 46.9 Å². The molecule has 0 radical (unpaired) electrons. The molecule has 8 nitrogen and oxygen atoms in total. The predicted molar refractivity (Wildman–Crippen MR) is 135 cm³/mol. The van der Waals surface area contributed by atoms with Gasteiger partial charge in [0.1, 0.15) is 22.0 Å². The van der Waals surface area contributed by atoms with Crippen LogP contribution in [-0.2, 0) is 16.1 Å². The molecule has 9 heteroatoms. The maximum absolute atomic E-state index is 5.86. The van der Waals surface area contributed by atoms with Crippen LogP contribution in [0, 0.1) is 5.92 Å². The topological polar surface area (TPSA) is 66.7 Å². The third kappa shape index (κ3) is 4.56. The number of fused-ring (bicyclic) bond motifs is 1. The lowest BCUT2D eigenvalue weighted by atomic mass is 10.1. The molecule has 2 heterocycles. The molecule has 0 saturated heterocycles. The number of anilines is 1. The summed E-state index contributed by atoms with van der Waals surface area (Å²) in [5.74, 6) is 2.49. The van der Waals surface area contributed by atoms with Crippen molar-refractivity contribution in [1.29, 1.82) is 0 Å². The summed E-state index contributed by atoms with van der Waals surface area (Å²) in [6, 6.07) is 3.96. The molecule has 0 bridgehead atoms. The van der Waals surface area contributed by atoms with Gasteiger partial charge in [-0.15, -0.1) is 16.4 Å². The Hall–Kier alpha value is -2.49. The number of aromatic nitrogens is 2. The van der Waals surface area contributed by atoms with Crippen molar-refractivity contribution in [2.45, 2.75) is 38.9 Å². The summed E-state index contributed by atoms with van der Waals surface area (Å²) in [5.41, 5.74) is 3.63. The van der Waals surface area contributed by atoms with Crippen molar-refractivity contribution in [2.75, 3.05) is 53.5 Å². The first-order chi connectivity index (χ1) is 16.4. The van der Waals surface area contributed by atoms with Gasteiger partial charge >= 0.3 is 0 Å². The van der Waals surface area contributed by atoms with Crippen LogP contribution in [0.2, 0.25) is 0 Å². The van der Waals surface area contributed by atoms with Gasteiger partial charge in [-0.3, -0.25) is 0 Å². The van der Waals surface area contributed by atoms with E-state index in [2.05, 4.69) is 24.1 Å². The van der Waals surface area contributed by atoms with E-state index in [0.717, 1.165) is 53.3 Å². The van der Waals surface area contributed by atoms with Crippen LogP contribution in [0.1, 0.15) is 32.3 Å². The highest BCUT2D eigenvalue weighted by Crippen LogP contribution is 2.47. The van der Waals surface area contributed by atoms with Crippen molar-refractivity contribution >= 4 is 21.9 Å². The zero-order valence-corrected chi connectivity index (χ0v) is 22.0. The van der Waals surface area contributed by atoms with E-state index in [-0.39, 0.29) is 5.60 Å². The average molecular weight is 490 g/mol. The van der Waals surface area contributed by atoms with Crippen LogP contribution in [0.15, 0.2) is 17.5 Å². The fourth-order valence-electron chi connectivity index (χ4n) is 4.44. The molecule has 0 N–H and O–H groups in total. The van der Waals surface area contributed by atoms with E-state index >= 15 is 0 Å². The normalized spacial score (nSPS) is 14.6. The average Bonchev–Trinajstić information content (AvgIpc) is 3.33. The van der Waals surface area contributed by atoms with Crippen LogP contribution < -0.4 is 19.1 Å². The maximum atomic E-state index is 5.86. The summed E-state index contributed by atoms with van der Waals surface area (Å²) < 4.78 is 30.4. The van der Waals surface area contributed by atoms with E-state index in [4.69, 9.17) is 28.8 Å². The Morgan fingerprint density at radius 1 is 1.06 bits per heavy atom. The smallest absolute Gasteiger partial charge is 0.258 e. The van der Waals surface area contributed by atoms with Gasteiger partial charge in [0.25, 0.3) is 5.88 Å². The number of hydrogen-bond acceptors (Lipinski definition) is 8. The summed E-state index contributed by atoms with van der Waals surface area (Å²) >= 11 is 1.64. The Balaban J connectivity index is 1.86. The van der Waals surface area contributed by atoms with Gasteiger partial charge in [0, 0.05) is 32.7 Å². The lowest BCUT2D eigenvalue weighted by molar-refractivity contribution is 0.0853. The summed E-state index contributed by atoms with van der Waals surface area (Å²) in [6.07, 6.45) is 2.14. The number of methoxy groups -OCH3 is 5. The number of benzene rings is 1. The Morgan fingerprint density at radius 2 is 1.74 bits per heavy atom. The molecule has 4 rings (SSSR count). The van der Waals surface area contributed by atoms with E-state index < -0.39 is 0 Å². The minimum atomic E-state index is -0.0854. The van der Waals surface area contributed by atoms with Crippen molar-refractivity contribution in [3.05, 3.63) is 23.1 Å². The van der Waals surface area contributed by atoms with Crippen molar-refractivity contribution in [3.8, 4) is 28.6 Å². The number of rotatable bonds is 12. The molecule has 1 fully saturated rings. The van der Waals surface area contributed by atoms with Crippen molar-refractivity contribution < 1.29 is 23.7 Å². The highest BCUT2D eigenvalue weighted by Gasteiger charge is 2.45. The fraction of sp³-hybridized carbons (Fsp3) is 0.560. The standard InChI is InChI=1S/C25H35N3O5S/c1-16(2)12-27(15-25(33-7)8-9-25)22-23(32-6)26-28-18(14-34-24(22)28)21-19(30-4)10-17(13-29-3)11-20(21)31-5/h10-11,14,16H,8-9,12-13,15H2,1-7H3. The first-order valence-corrected chi connectivity index (χ1v) is 12.4. The van der Waals surface area contributed by atoms with Crippen LogP contribution in [0.4, 0.5) is 5.69 Å². The van der Waals surface area contributed by atoms with Crippen LogP contribution in [0.5, 0.6) is 17.4 Å². The van der Waals surface area contributed by atoms with E-state index in [1.807, 2.05) is 16.6 Å². The zero-order valence-electron chi connectivity index (χ0n) is 21.1. The van der Waals surface area contributed by atoms with E-state index in [1.165, 1.54) is 0 Å². The minimum Gasteiger partial charge on any atom is -0.496 e. The second-order valence-corrected chi connectivity index (χ2v) is 10.0. The quantitative estimate of drug-likeness (QED) is 0.359. The SMILES string of the molecule is COCc1cc(OC)c(-c2csc3c(N(CC(C)C)CC4(OC)CC4)c(OC)nn23)c(OC)c1. The molecule has 0 atom stereocenters. The molecule has 3 aromatic rings. The minimum absolute atomic E-state index is 0.0854. The van der Waals surface area contributed by atoms with Crippen LogP contribution in [-0.4, -0.2) is 63.9 Å². The van der Waals surface area contributed by atoms with Crippen LogP contribution >= 0.6 is 11.3 Å². The lowest BCUT2D eigenvalue weighted by Crippen LogP contribution is -2.37. The maximum Gasteiger partial charge on any atom is 0.258 e. The van der Waals surface area contributed by atoms with Gasteiger partial charge in [0.05, 0.1) is 44.8 Å². The second kappa shape index (κ2) is 10.0. The summed E-state index contributed by atoms with van der Waals surface area (Å²) in [5, 5.41) is 6.96. The van der Waals surface area contributed by atoms with Gasteiger partial charge in [-0.05, 0) is 36.5 Å². The summed E-state index contributed by atoms with van der Waals surface area (Å²) in [4.78, 5) is 3.39. The molecule has 2 aromatic heterocycles. The van der Waals surface area contributed by atoms with Crippen molar-refractivity contribution in [2.24, 2.45) is 5.92 Å². The highest BCUT2D eigenvalue weighted by atomic mass is 32.1. The number of hydrogen-bond donors (Lipinski definition) is 0. The number of nitrogens with zero attached hydrogens (tertiary/aromatic N) is 3. The van der Waals surface area contributed by atoms with Crippen molar-refractivity contribution in [1.82, 2.24) is 9.61 Å². The molecule has 1 aromatic carbocycles. The van der Waals surface area contributed by atoms with Crippen molar-refractivity contribution in [3.63, 3.8) is 0 Å². The number of ether oxygens (including phenoxy) is 5. The largest absolute Gasteiger partial charge is 0.496 e. The van der Waals surface area contributed by atoms with Gasteiger partial charge in [0.2, 0.25) is 0 Å². The molecule has 0 amide bonds. The summed E-state index contributed by atoms with van der Waals surface area (Å²) in [6.45, 7) is 6.62. The van der Waals surface area contributed by atoms with Gasteiger partial charge in [0.15, 0.2) is 0 Å². The molecule has 1 aliphatic rings. The molecule has 1 saturated carbocycles. The van der Waals surface area contributed by atoms with Gasteiger partial charge in [-0.2, -0.15) is 0 Å². The Kier molecular flexibility index (Phi) is 7.25. The van der Waals surface area contributed by atoms with Gasteiger partial charge in [-0.1, -0.05) is 13.8 Å². The number of thiazole rings is 1. The first kappa shape index (κ1) is 24.6. The summed E-state index contributed by atoms with van der Waals surface area (Å²) in [7, 11) is 8.48. The lowest BCUT2D eigenvalue weighted by Gasteiger charge is -2.29. The monoisotopic (exact) mass is 489 g/mol. The molecule has 0 aliphatic heterocycles. The molecule has 0 spiro atoms. The molecule has 1 aliphatic carbocycles. The second-order valence-electron chi connectivity index (χ2n) is 9.17. The molecule has 34 heavy (non-hydrogen) atoms. The molecular weight excluding hydrogens is 454 g/mol.